The van der Waals surface area contributed by atoms with Crippen LogP contribution in [-0.4, -0.2) is 26.0 Å². The molecule has 0 aliphatic heterocycles. The third-order valence-corrected chi connectivity index (χ3v) is 3.43. The summed E-state index contributed by atoms with van der Waals surface area (Å²) in [4.78, 5) is 18.1. The molecule has 3 aromatic rings. The summed E-state index contributed by atoms with van der Waals surface area (Å²) in [7, 11) is 0. The maximum absolute atomic E-state index is 5.74. The van der Waals surface area contributed by atoms with Crippen LogP contribution in [0, 0.1) is 0 Å². The van der Waals surface area contributed by atoms with Crippen molar-refractivity contribution in [2.75, 3.05) is 10.6 Å². The number of anilines is 2. The molecule has 2 aromatic heterocycles. The van der Waals surface area contributed by atoms with E-state index in [9.17, 15) is 0 Å². The number of benzene rings is 1. The van der Waals surface area contributed by atoms with E-state index in [2.05, 4.69) is 38.7 Å². The van der Waals surface area contributed by atoms with Gasteiger partial charge in [0.2, 0.25) is 0 Å². The first kappa shape index (κ1) is 13.4. The van der Waals surface area contributed by atoms with Gasteiger partial charge in [-0.15, -0.1) is 0 Å². The molecular weight excluding hydrogens is 264 g/mol. The molecule has 0 bridgehead atoms. The molecule has 0 atom stereocenters. The van der Waals surface area contributed by atoms with E-state index in [4.69, 9.17) is 5.73 Å². The number of aromatic nitrogens is 4. The molecule has 0 amide bonds. The fourth-order valence-electron chi connectivity index (χ4n) is 2.29. The van der Waals surface area contributed by atoms with Crippen molar-refractivity contribution < 1.29 is 0 Å². The summed E-state index contributed by atoms with van der Waals surface area (Å²) in [5, 5.41) is 0. The zero-order valence-electron chi connectivity index (χ0n) is 12.1. The molecule has 6 heteroatoms. The molecule has 3 N–H and O–H groups in total. The number of H-pyrrole nitrogens is 1. The van der Waals surface area contributed by atoms with Gasteiger partial charge < -0.3 is 15.6 Å². The molecule has 0 fully saturated rings. The molecule has 0 saturated heterocycles. The molecular formula is C15H18N6. The largest absolute Gasteiger partial charge is 0.399 e. The number of aromatic amines is 1. The van der Waals surface area contributed by atoms with Crippen LogP contribution in [0.15, 0.2) is 36.9 Å². The van der Waals surface area contributed by atoms with Crippen molar-refractivity contribution in [2.24, 2.45) is 0 Å². The van der Waals surface area contributed by atoms with E-state index in [-0.39, 0.29) is 0 Å². The number of nitrogens with two attached hydrogens (primary N) is 1. The highest BCUT2D eigenvalue weighted by Gasteiger charge is 2.17. The number of nitrogens with one attached hydrogen (secondary N) is 1. The lowest BCUT2D eigenvalue weighted by Gasteiger charge is -2.28. The van der Waals surface area contributed by atoms with Crippen LogP contribution in [0.4, 0.5) is 11.5 Å². The van der Waals surface area contributed by atoms with Crippen LogP contribution < -0.4 is 10.6 Å². The minimum atomic E-state index is 0.295. The van der Waals surface area contributed by atoms with E-state index >= 15 is 0 Å². The van der Waals surface area contributed by atoms with Gasteiger partial charge in [0.15, 0.2) is 11.5 Å². The summed E-state index contributed by atoms with van der Waals surface area (Å²) in [6.07, 6.45) is 3.20. The number of hydrogen-bond acceptors (Lipinski definition) is 5. The van der Waals surface area contributed by atoms with Gasteiger partial charge in [-0.2, -0.15) is 0 Å². The molecule has 0 unspecified atom stereocenters. The van der Waals surface area contributed by atoms with Crippen LogP contribution >= 0.6 is 0 Å². The van der Waals surface area contributed by atoms with Crippen molar-refractivity contribution in [3.05, 3.63) is 42.5 Å². The Labute approximate surface area is 123 Å². The number of rotatable bonds is 4. The Hall–Kier alpha value is -2.63. The van der Waals surface area contributed by atoms with E-state index < -0.39 is 0 Å². The van der Waals surface area contributed by atoms with Crippen molar-refractivity contribution >= 4 is 22.7 Å². The normalized spacial score (nSPS) is 11.2. The highest BCUT2D eigenvalue weighted by Crippen LogP contribution is 2.23. The molecule has 3 rings (SSSR count). The smallest absolute Gasteiger partial charge is 0.182 e. The molecule has 1 aromatic carbocycles. The van der Waals surface area contributed by atoms with Gasteiger partial charge in [-0.25, -0.2) is 15.0 Å². The van der Waals surface area contributed by atoms with Crippen molar-refractivity contribution in [2.45, 2.75) is 26.4 Å². The zero-order valence-corrected chi connectivity index (χ0v) is 12.1. The van der Waals surface area contributed by atoms with Crippen LogP contribution in [0.1, 0.15) is 19.4 Å². The highest BCUT2D eigenvalue weighted by atomic mass is 15.2. The first-order valence-corrected chi connectivity index (χ1v) is 6.90. The van der Waals surface area contributed by atoms with Crippen molar-refractivity contribution in [3.63, 3.8) is 0 Å². The number of nitrogen functional groups attached to an aromatic ring is 1. The van der Waals surface area contributed by atoms with Gasteiger partial charge >= 0.3 is 0 Å². The van der Waals surface area contributed by atoms with Crippen molar-refractivity contribution in [3.8, 4) is 0 Å². The Bertz CT molecular complexity index is 731. The lowest BCUT2D eigenvalue weighted by molar-refractivity contribution is 0.674. The molecule has 6 nitrogen and oxygen atoms in total. The summed E-state index contributed by atoms with van der Waals surface area (Å²) >= 11 is 0. The second-order valence-corrected chi connectivity index (χ2v) is 5.26. The predicted octanol–water partition coefficient (Wildman–Crippen LogP) is 2.35. The lowest BCUT2D eigenvalue weighted by Crippen LogP contribution is -2.31. The standard InChI is InChI=1S/C15H18N6/c1-10(2)21(7-11-3-5-12(16)6-4-11)15-13-14(18-8-17-13)19-9-20-15/h3-6,8-10H,7,16H2,1-2H3,(H,17,18,19,20). The number of fused-ring (bicyclic) bond motifs is 1. The van der Waals surface area contributed by atoms with Crippen LogP contribution in [0.3, 0.4) is 0 Å². The third-order valence-electron chi connectivity index (χ3n) is 3.43. The van der Waals surface area contributed by atoms with Crippen LogP contribution in [0.25, 0.3) is 11.2 Å². The van der Waals surface area contributed by atoms with Gasteiger partial charge in [0.25, 0.3) is 0 Å². The predicted molar refractivity (Wildman–Crippen MR) is 83.9 cm³/mol. The third kappa shape index (κ3) is 2.65. The monoisotopic (exact) mass is 282 g/mol. The molecule has 0 aliphatic rings. The van der Waals surface area contributed by atoms with Crippen LogP contribution in [0.5, 0.6) is 0 Å². The maximum Gasteiger partial charge on any atom is 0.182 e. The Morgan fingerprint density at radius 3 is 2.62 bits per heavy atom. The van der Waals surface area contributed by atoms with Crippen molar-refractivity contribution in [1.82, 2.24) is 19.9 Å². The Morgan fingerprint density at radius 2 is 1.90 bits per heavy atom. The Kier molecular flexibility index (Phi) is 3.43. The van der Waals surface area contributed by atoms with E-state index in [0.717, 1.165) is 23.6 Å². The molecule has 0 aliphatic carbocycles. The van der Waals surface area contributed by atoms with Crippen LogP contribution in [-0.2, 0) is 6.54 Å². The van der Waals surface area contributed by atoms with Gasteiger partial charge in [0.05, 0.1) is 6.33 Å². The van der Waals surface area contributed by atoms with E-state index in [0.29, 0.717) is 11.7 Å². The van der Waals surface area contributed by atoms with E-state index in [1.54, 1.807) is 12.7 Å². The fourth-order valence-corrected chi connectivity index (χ4v) is 2.29. The summed E-state index contributed by atoms with van der Waals surface area (Å²) in [5.41, 5.74) is 9.24. The topological polar surface area (TPSA) is 83.7 Å². The molecule has 108 valence electrons. The second kappa shape index (κ2) is 5.40. The quantitative estimate of drug-likeness (QED) is 0.718. The molecule has 0 radical (unpaired) electrons. The molecule has 2 heterocycles. The van der Waals surface area contributed by atoms with E-state index in [1.807, 2.05) is 24.3 Å². The Morgan fingerprint density at radius 1 is 1.14 bits per heavy atom. The van der Waals surface area contributed by atoms with Gasteiger partial charge in [0.1, 0.15) is 11.8 Å². The summed E-state index contributed by atoms with van der Waals surface area (Å²) < 4.78 is 0. The minimum absolute atomic E-state index is 0.295. The Balaban J connectivity index is 1.98. The van der Waals surface area contributed by atoms with Gasteiger partial charge in [-0.1, -0.05) is 12.1 Å². The first-order valence-electron chi connectivity index (χ1n) is 6.90. The number of nitrogens with zero attached hydrogens (tertiary/aromatic N) is 4. The molecule has 0 spiro atoms. The summed E-state index contributed by atoms with van der Waals surface area (Å²) in [6.45, 7) is 5.03. The maximum atomic E-state index is 5.74. The molecule has 0 saturated carbocycles. The average molecular weight is 282 g/mol. The minimum Gasteiger partial charge on any atom is -0.399 e. The van der Waals surface area contributed by atoms with Crippen LogP contribution in [0.2, 0.25) is 0 Å². The molecule has 21 heavy (non-hydrogen) atoms. The highest BCUT2D eigenvalue weighted by molar-refractivity contribution is 5.82. The number of hydrogen-bond donors (Lipinski definition) is 2. The lowest BCUT2D eigenvalue weighted by atomic mass is 10.1. The SMILES string of the molecule is CC(C)N(Cc1ccc(N)cc1)c1ncnc2nc[nH]c12. The van der Waals surface area contributed by atoms with Gasteiger partial charge in [0, 0.05) is 18.3 Å². The fraction of sp³-hybridized carbons (Fsp3) is 0.267. The number of imidazole rings is 1. The summed E-state index contributed by atoms with van der Waals surface area (Å²) in [6, 6.07) is 8.20. The van der Waals surface area contributed by atoms with E-state index in [1.165, 1.54) is 5.56 Å². The summed E-state index contributed by atoms with van der Waals surface area (Å²) in [5.74, 6) is 0.865. The van der Waals surface area contributed by atoms with Gasteiger partial charge in [-0.3, -0.25) is 0 Å². The second-order valence-electron chi connectivity index (χ2n) is 5.26. The average Bonchev–Trinajstić information content (AvgIpc) is 2.95. The van der Waals surface area contributed by atoms with Crippen molar-refractivity contribution in [1.29, 1.82) is 0 Å². The first-order chi connectivity index (χ1) is 10.1. The zero-order chi connectivity index (χ0) is 14.8. The van der Waals surface area contributed by atoms with Gasteiger partial charge in [-0.05, 0) is 31.5 Å².